The number of carbonyl (C=O) groups is 1. The summed E-state index contributed by atoms with van der Waals surface area (Å²) in [5, 5.41) is 14.0. The lowest BCUT2D eigenvalue weighted by Gasteiger charge is -2.26. The lowest BCUT2D eigenvalue weighted by Crippen LogP contribution is -2.46. The van der Waals surface area contributed by atoms with Crippen LogP contribution in [0, 0.1) is 0 Å². The molecule has 0 fully saturated rings. The molecule has 3 N–H and O–H groups in total. The molecule has 0 rings (SSSR count). The number of hydrogen-bond donors (Lipinski definition) is 3. The third-order valence-corrected chi connectivity index (χ3v) is 12.1. The summed E-state index contributed by atoms with van der Waals surface area (Å²) in [6, 6.07) is -0.765. The zero-order valence-corrected chi connectivity index (χ0v) is 40.4. The van der Waals surface area contributed by atoms with Gasteiger partial charge in [-0.05, 0) is 44.9 Å². The zero-order valence-electron chi connectivity index (χ0n) is 39.5. The molecule has 0 aliphatic rings. The van der Waals surface area contributed by atoms with Gasteiger partial charge in [-0.2, -0.15) is 0 Å². The number of rotatable bonds is 45. The van der Waals surface area contributed by atoms with Crippen LogP contribution < -0.4 is 5.32 Å². The lowest BCUT2D eigenvalue weighted by molar-refractivity contribution is -0.870. The highest BCUT2D eigenvalue weighted by Gasteiger charge is 2.28. The Morgan fingerprint density at radius 3 is 1.49 bits per heavy atom. The Morgan fingerprint density at radius 2 is 1.02 bits per heavy atom. The Balaban J connectivity index is 4.29. The Hall–Kier alpha value is -1.28. The van der Waals surface area contributed by atoms with Crippen LogP contribution in [0.1, 0.15) is 226 Å². The number of allylic oxidation sites excluding steroid dienone is 6. The van der Waals surface area contributed by atoms with Gasteiger partial charge in [-0.25, -0.2) is 4.57 Å². The molecule has 0 spiro atoms. The molecule has 0 radical (unpaired) electrons. The number of phosphoric acid groups is 1. The van der Waals surface area contributed by atoms with Crippen molar-refractivity contribution in [2.45, 2.75) is 238 Å². The van der Waals surface area contributed by atoms with E-state index >= 15 is 0 Å². The van der Waals surface area contributed by atoms with E-state index < -0.39 is 20.0 Å². The predicted molar refractivity (Wildman–Crippen MR) is 254 cm³/mol. The van der Waals surface area contributed by atoms with E-state index in [1.807, 2.05) is 21.1 Å². The number of phosphoric ester groups is 1. The Labute approximate surface area is 366 Å². The van der Waals surface area contributed by atoms with E-state index in [0.29, 0.717) is 23.9 Å². The first-order valence-electron chi connectivity index (χ1n) is 24.9. The van der Waals surface area contributed by atoms with Gasteiger partial charge in [0.05, 0.1) is 39.9 Å². The summed E-state index contributed by atoms with van der Waals surface area (Å²) in [5.41, 5.74) is 0. The van der Waals surface area contributed by atoms with Crippen molar-refractivity contribution in [1.29, 1.82) is 0 Å². The van der Waals surface area contributed by atoms with Crippen LogP contribution in [0.25, 0.3) is 0 Å². The molecule has 0 saturated heterocycles. The average molecular weight is 854 g/mol. The van der Waals surface area contributed by atoms with Gasteiger partial charge in [0.25, 0.3) is 0 Å². The summed E-state index contributed by atoms with van der Waals surface area (Å²) in [4.78, 5) is 23.2. The van der Waals surface area contributed by atoms with Gasteiger partial charge in [0.1, 0.15) is 13.2 Å². The normalized spacial score (nSPS) is 14.5. The molecule has 0 heterocycles. The van der Waals surface area contributed by atoms with E-state index in [-0.39, 0.29) is 19.1 Å². The van der Waals surface area contributed by atoms with E-state index in [2.05, 4.69) is 55.6 Å². The number of hydrogen-bond acceptors (Lipinski definition) is 5. The van der Waals surface area contributed by atoms with Gasteiger partial charge >= 0.3 is 7.82 Å². The van der Waals surface area contributed by atoms with Crippen LogP contribution in [0.2, 0.25) is 0 Å². The van der Waals surface area contributed by atoms with Crippen molar-refractivity contribution in [3.05, 3.63) is 36.5 Å². The van der Waals surface area contributed by atoms with Crippen molar-refractivity contribution < 1.29 is 32.9 Å². The van der Waals surface area contributed by atoms with Gasteiger partial charge in [-0.1, -0.05) is 211 Å². The van der Waals surface area contributed by atoms with Crippen molar-refractivity contribution in [2.75, 3.05) is 40.9 Å². The first kappa shape index (κ1) is 57.7. The lowest BCUT2D eigenvalue weighted by atomic mass is 10.0. The predicted octanol–water partition coefficient (Wildman–Crippen LogP) is 14.3. The third-order valence-electron chi connectivity index (χ3n) is 11.2. The van der Waals surface area contributed by atoms with E-state index in [1.54, 1.807) is 0 Å². The maximum atomic E-state index is 12.9. The molecule has 8 nitrogen and oxygen atoms in total. The smallest absolute Gasteiger partial charge is 0.391 e. The van der Waals surface area contributed by atoms with E-state index in [4.69, 9.17) is 9.05 Å². The maximum Gasteiger partial charge on any atom is 0.472 e. The number of unbranched alkanes of at least 4 members (excludes halogenated alkanes) is 26. The van der Waals surface area contributed by atoms with Gasteiger partial charge in [0, 0.05) is 6.42 Å². The van der Waals surface area contributed by atoms with Crippen molar-refractivity contribution >= 4 is 13.7 Å². The Kier molecular flexibility index (Phi) is 41.1. The van der Waals surface area contributed by atoms with Crippen molar-refractivity contribution in [3.8, 4) is 0 Å². The zero-order chi connectivity index (χ0) is 43.6. The highest BCUT2D eigenvalue weighted by atomic mass is 31.2. The number of aliphatic hydroxyl groups is 1. The molecule has 0 aromatic carbocycles. The summed E-state index contributed by atoms with van der Waals surface area (Å²) in [6.07, 6.45) is 51.7. The molecule has 1 amide bonds. The molecule has 3 unspecified atom stereocenters. The van der Waals surface area contributed by atoms with Crippen LogP contribution in [-0.4, -0.2) is 73.4 Å². The number of nitrogens with zero attached hydrogens (tertiary/aromatic N) is 1. The second-order valence-corrected chi connectivity index (χ2v) is 19.6. The first-order chi connectivity index (χ1) is 28.5. The highest BCUT2D eigenvalue weighted by Crippen LogP contribution is 2.43. The SMILES string of the molecule is CC/C=C\C/C=C\C/C=C\CCCCCCCCCC(=O)NC(COP(=O)(O)OCC[N+](C)(C)C)C(O)CCCCCCCCCCCCCCCCCCCCCC. The van der Waals surface area contributed by atoms with Crippen LogP contribution >= 0.6 is 7.82 Å². The minimum absolute atomic E-state index is 0.0722. The maximum absolute atomic E-state index is 12.9. The van der Waals surface area contributed by atoms with Gasteiger partial charge in [-0.3, -0.25) is 13.8 Å². The summed E-state index contributed by atoms with van der Waals surface area (Å²) in [6.45, 7) is 4.78. The molecule has 0 aliphatic carbocycles. The van der Waals surface area contributed by atoms with Crippen molar-refractivity contribution in [3.63, 3.8) is 0 Å². The quantitative estimate of drug-likeness (QED) is 0.0244. The molecule has 0 bridgehead atoms. The number of likely N-dealkylation sites (N-methyl/N-ethyl adjacent to an activating group) is 1. The van der Waals surface area contributed by atoms with Gasteiger partial charge in [0.15, 0.2) is 0 Å². The largest absolute Gasteiger partial charge is 0.472 e. The number of nitrogens with one attached hydrogen (secondary N) is 1. The second kappa shape index (κ2) is 42.0. The molecule has 3 atom stereocenters. The van der Waals surface area contributed by atoms with Crippen LogP contribution in [0.4, 0.5) is 0 Å². The summed E-state index contributed by atoms with van der Waals surface area (Å²) < 4.78 is 23.7. The topological polar surface area (TPSA) is 105 Å². The molecule has 348 valence electrons. The van der Waals surface area contributed by atoms with Crippen molar-refractivity contribution in [2.24, 2.45) is 0 Å². The molecule has 0 aromatic heterocycles. The van der Waals surface area contributed by atoms with E-state index in [1.165, 1.54) is 135 Å². The van der Waals surface area contributed by atoms with Gasteiger partial charge in [0.2, 0.25) is 5.91 Å². The minimum atomic E-state index is -4.32. The Bertz CT molecular complexity index is 1060. The van der Waals surface area contributed by atoms with Crippen LogP contribution in [0.5, 0.6) is 0 Å². The van der Waals surface area contributed by atoms with Crippen LogP contribution in [0.15, 0.2) is 36.5 Å². The molecular formula is C50H98N2O6P+. The van der Waals surface area contributed by atoms with E-state index in [0.717, 1.165) is 64.2 Å². The fraction of sp³-hybridized carbons (Fsp3) is 0.860. The molecule has 0 aliphatic heterocycles. The monoisotopic (exact) mass is 854 g/mol. The average Bonchev–Trinajstić information content (AvgIpc) is 3.19. The molecule has 9 heteroatoms. The molecular weight excluding hydrogens is 756 g/mol. The first-order valence-corrected chi connectivity index (χ1v) is 26.3. The van der Waals surface area contributed by atoms with Crippen LogP contribution in [-0.2, 0) is 18.4 Å². The number of quaternary nitrogens is 1. The third kappa shape index (κ3) is 44.6. The second-order valence-electron chi connectivity index (χ2n) is 18.2. The summed E-state index contributed by atoms with van der Waals surface area (Å²) in [7, 11) is 1.61. The van der Waals surface area contributed by atoms with Crippen LogP contribution in [0.3, 0.4) is 0 Å². The number of carbonyl (C=O) groups excluding carboxylic acids is 1. The highest BCUT2D eigenvalue weighted by molar-refractivity contribution is 7.47. The molecule has 59 heavy (non-hydrogen) atoms. The molecule has 0 aromatic rings. The van der Waals surface area contributed by atoms with E-state index in [9.17, 15) is 19.4 Å². The van der Waals surface area contributed by atoms with Crippen molar-refractivity contribution in [1.82, 2.24) is 5.32 Å². The molecule has 0 saturated carbocycles. The fourth-order valence-corrected chi connectivity index (χ4v) is 7.97. The van der Waals surface area contributed by atoms with Gasteiger partial charge in [-0.15, -0.1) is 0 Å². The number of aliphatic hydroxyl groups excluding tert-OH is 1. The minimum Gasteiger partial charge on any atom is -0.391 e. The standard InChI is InChI=1S/C50H97N2O6P/c1-6-8-10-12-14-16-18-20-22-24-25-26-28-29-31-33-35-37-39-41-43-49(53)48(47-58-59(55,56)57-46-45-52(3,4)5)51-50(54)44-42-40-38-36-34-32-30-27-23-21-19-17-15-13-11-9-7-2/h9,11,15,17,21,23,48-49,53H,6-8,10,12-14,16,18-20,22,24-47H2,1-5H3,(H-,51,54,55,56)/p+1/b11-9-,17-15-,23-21-. The number of amides is 1. The Morgan fingerprint density at radius 1 is 0.593 bits per heavy atom. The van der Waals surface area contributed by atoms with Gasteiger partial charge < -0.3 is 19.8 Å². The summed E-state index contributed by atoms with van der Waals surface area (Å²) in [5.74, 6) is -0.154. The summed E-state index contributed by atoms with van der Waals surface area (Å²) >= 11 is 0. The fourth-order valence-electron chi connectivity index (χ4n) is 7.24.